The van der Waals surface area contributed by atoms with E-state index in [4.69, 9.17) is 58.8 Å². The Balaban J connectivity index is 1.50. The number of nitrogens with zero attached hydrogens (tertiary/aromatic N) is 6. The Morgan fingerprint density at radius 3 is 0.711 bits per heavy atom. The highest BCUT2D eigenvalue weighted by molar-refractivity contribution is 7.81. The molecule has 0 fully saturated rings. The first-order valence-corrected chi connectivity index (χ1v) is 28.4. The van der Waals surface area contributed by atoms with Gasteiger partial charge in [0.15, 0.2) is 0 Å². The molecule has 0 amide bonds. The summed E-state index contributed by atoms with van der Waals surface area (Å²) in [4.78, 5) is 31.5. The molecule has 0 saturated carbocycles. The molecule has 0 spiro atoms. The average molecular weight is 1080 g/mol. The van der Waals surface area contributed by atoms with Crippen molar-refractivity contribution in [2.45, 2.75) is 55.4 Å². The fourth-order valence-corrected chi connectivity index (χ4v) is 12.4. The molecule has 386 valence electrons. The first-order chi connectivity index (χ1) is 37.0. The Morgan fingerprint density at radius 1 is 0.316 bits per heavy atom. The molecule has 5 heterocycles. The van der Waals surface area contributed by atoms with E-state index in [-0.39, 0.29) is 0 Å². The van der Waals surface area contributed by atoms with E-state index in [2.05, 4.69) is 231 Å². The van der Waals surface area contributed by atoms with Crippen molar-refractivity contribution in [1.82, 2.24) is 39.5 Å². The molecule has 8 nitrogen and oxygen atoms in total. The van der Waals surface area contributed by atoms with Gasteiger partial charge in [0.05, 0.1) is 22.8 Å². The van der Waals surface area contributed by atoms with Crippen LogP contribution in [0.1, 0.15) is 100 Å². The lowest BCUT2D eigenvalue weighted by molar-refractivity contribution is 0.475. The van der Waals surface area contributed by atoms with Crippen LogP contribution in [0.5, 0.6) is 0 Å². The number of benzene rings is 4. The minimum absolute atomic E-state index is 0.782. The summed E-state index contributed by atoms with van der Waals surface area (Å²) in [5.74, 6) is 0. The van der Waals surface area contributed by atoms with E-state index < -0.39 is 0 Å². The zero-order valence-corrected chi connectivity index (χ0v) is 48.1. The van der Waals surface area contributed by atoms with Crippen molar-refractivity contribution in [3.05, 3.63) is 166 Å². The molecule has 8 bridgehead atoms. The number of rotatable bonds is 16. The summed E-state index contributed by atoms with van der Waals surface area (Å²) in [6, 6.07) is 42.5. The molecule has 76 heavy (non-hydrogen) atoms. The van der Waals surface area contributed by atoms with E-state index in [0.717, 1.165) is 184 Å². The first kappa shape index (κ1) is 53.9. The largest absolute Gasteiger partial charge is 0.363 e. The molecule has 7 aromatic rings. The highest BCUT2D eigenvalue weighted by atomic mass is 32.1. The zero-order valence-electron chi connectivity index (χ0n) is 44.8. The number of H-pyrrole nitrogens is 2. The van der Waals surface area contributed by atoms with E-state index in [1.54, 1.807) is 0 Å². The van der Waals surface area contributed by atoms with Crippen LogP contribution < -0.4 is 0 Å². The zero-order chi connectivity index (χ0) is 53.6. The number of aromatic nitrogens is 4. The molecule has 0 saturated heterocycles. The van der Waals surface area contributed by atoms with Gasteiger partial charge in [0.1, 0.15) is 20.0 Å². The third-order valence-corrected chi connectivity index (χ3v) is 16.6. The number of fused-ring (bicyclic) bond motifs is 8. The van der Waals surface area contributed by atoms with E-state index in [1.807, 2.05) is 0 Å². The SMILES string of the molecule is CCN(CC)C(=S)c1ccccc1-c1c2nc(c(-c3ccccc3C(=S)N(CC)CC)c3ccc([nH]3)c(-c3ccccc3C(=S)N(CC)CC)c3nc(c(-c4ccccc4C(=S)N(CC)CC)c4ccc1[nH]4)C=C3)C=C2. The number of aromatic amines is 2. The molecule has 0 radical (unpaired) electrons. The van der Waals surface area contributed by atoms with E-state index in [0.29, 0.717) is 0 Å². The van der Waals surface area contributed by atoms with Gasteiger partial charge in [0.2, 0.25) is 0 Å². The first-order valence-electron chi connectivity index (χ1n) is 26.7. The number of nitrogens with one attached hydrogen (secondary N) is 2. The number of thiocarbonyl (C=S) groups is 4. The summed E-state index contributed by atoms with van der Waals surface area (Å²) in [6.07, 6.45) is 8.57. The maximum absolute atomic E-state index is 6.36. The molecule has 2 aliphatic heterocycles. The van der Waals surface area contributed by atoms with E-state index in [9.17, 15) is 0 Å². The predicted molar refractivity (Wildman–Crippen MR) is 339 cm³/mol. The van der Waals surface area contributed by atoms with Crippen LogP contribution in [0.25, 0.3) is 90.9 Å². The van der Waals surface area contributed by atoms with Crippen molar-refractivity contribution in [3.63, 3.8) is 0 Å². The third kappa shape index (κ3) is 10.2. The highest BCUT2D eigenvalue weighted by Gasteiger charge is 2.26. The van der Waals surface area contributed by atoms with Gasteiger partial charge >= 0.3 is 0 Å². The Bertz CT molecular complexity index is 3140. The summed E-state index contributed by atoms with van der Waals surface area (Å²) in [5, 5.41) is 0. The van der Waals surface area contributed by atoms with Crippen molar-refractivity contribution in [2.24, 2.45) is 0 Å². The lowest BCUT2D eigenvalue weighted by Gasteiger charge is -2.24. The summed E-state index contributed by atoms with van der Waals surface area (Å²) in [5.41, 5.74) is 18.2. The van der Waals surface area contributed by atoms with Crippen molar-refractivity contribution >= 4 is 115 Å². The topological polar surface area (TPSA) is 70.3 Å². The molecule has 12 heteroatoms. The number of hydrogen-bond donors (Lipinski definition) is 2. The number of hydrogen-bond acceptors (Lipinski definition) is 6. The molecular weight excluding hydrogens is 1010 g/mol. The molecule has 0 aliphatic carbocycles. The second-order valence-electron chi connectivity index (χ2n) is 18.6. The third-order valence-electron chi connectivity index (χ3n) is 14.7. The molecule has 2 N–H and O–H groups in total. The second kappa shape index (κ2) is 23.9. The van der Waals surface area contributed by atoms with E-state index >= 15 is 0 Å². The van der Waals surface area contributed by atoms with Gasteiger partial charge in [-0.2, -0.15) is 0 Å². The Hall–Kier alpha value is -6.96. The monoisotopic (exact) mass is 1070 g/mol. The lowest BCUT2D eigenvalue weighted by atomic mass is 9.97. The molecular formula is C64H66N8S4. The predicted octanol–water partition coefficient (Wildman–Crippen LogP) is 15.4. The van der Waals surface area contributed by atoms with Crippen LogP contribution >= 0.6 is 48.9 Å². The van der Waals surface area contributed by atoms with Crippen molar-refractivity contribution in [2.75, 3.05) is 52.4 Å². The summed E-state index contributed by atoms with van der Waals surface area (Å²) in [6.45, 7) is 23.5. The molecule has 4 aromatic carbocycles. The smallest absolute Gasteiger partial charge is 0.109 e. The molecule has 0 unspecified atom stereocenters. The molecule has 9 rings (SSSR count). The van der Waals surface area contributed by atoms with Gasteiger partial charge in [-0.05, 0) is 126 Å². The van der Waals surface area contributed by atoms with Crippen molar-refractivity contribution in [3.8, 4) is 44.5 Å². The van der Waals surface area contributed by atoms with Gasteiger partial charge in [-0.25, -0.2) is 9.97 Å². The summed E-state index contributed by atoms with van der Waals surface area (Å²) < 4.78 is 0. The minimum atomic E-state index is 0.782. The molecule has 0 atom stereocenters. The quantitative estimate of drug-likeness (QED) is 0.0915. The van der Waals surface area contributed by atoms with Crippen LogP contribution in [0.4, 0.5) is 0 Å². The average Bonchev–Trinajstić information content (AvgIpc) is 4.33. The summed E-state index contributed by atoms with van der Waals surface area (Å²) in [7, 11) is 0. The lowest BCUT2D eigenvalue weighted by Crippen LogP contribution is -2.30. The molecule has 3 aromatic heterocycles. The standard InChI is InChI=1S/C64H66N8S4/c1-9-69(10-2)61(73)45-29-21-17-25-41(45)57-49-33-35-51(65-49)58(42-26-18-22-30-46(42)62(74)70(11-3)12-4)53-37-39-55(67-53)60(44-28-20-24-32-48(44)64(76)72(15-7)16-8)56-40-38-54(68-56)59(52-36-34-50(57)66-52)43-27-19-23-31-47(43)63(75)71(13-5)14-6/h17-40,65,68H,9-16H2,1-8H3. The minimum Gasteiger partial charge on any atom is -0.363 e. The summed E-state index contributed by atoms with van der Waals surface area (Å²) >= 11 is 25.4. The van der Waals surface area contributed by atoms with Crippen LogP contribution in [-0.4, -0.2) is 112 Å². The maximum Gasteiger partial charge on any atom is 0.109 e. The Morgan fingerprint density at radius 2 is 0.513 bits per heavy atom. The van der Waals surface area contributed by atoms with Crippen LogP contribution in [0.2, 0.25) is 0 Å². The van der Waals surface area contributed by atoms with Crippen LogP contribution in [0.15, 0.2) is 121 Å². The normalized spacial score (nSPS) is 11.7. The second-order valence-corrected chi connectivity index (χ2v) is 20.1. The Kier molecular flexibility index (Phi) is 17.0. The van der Waals surface area contributed by atoms with Crippen LogP contribution in [-0.2, 0) is 0 Å². The van der Waals surface area contributed by atoms with Gasteiger partial charge in [-0.3, -0.25) is 0 Å². The highest BCUT2D eigenvalue weighted by Crippen LogP contribution is 2.41. The van der Waals surface area contributed by atoms with Crippen molar-refractivity contribution in [1.29, 1.82) is 0 Å². The van der Waals surface area contributed by atoms with Crippen molar-refractivity contribution < 1.29 is 0 Å². The fraction of sp³-hybridized carbons (Fsp3) is 0.250. The van der Waals surface area contributed by atoms with Gasteiger partial charge in [0, 0.05) is 119 Å². The maximum atomic E-state index is 6.36. The van der Waals surface area contributed by atoms with Gasteiger partial charge in [0.25, 0.3) is 0 Å². The van der Waals surface area contributed by atoms with Gasteiger partial charge < -0.3 is 29.6 Å². The van der Waals surface area contributed by atoms with Gasteiger partial charge in [-0.15, -0.1) is 0 Å². The fourth-order valence-electron chi connectivity index (χ4n) is 10.6. The van der Waals surface area contributed by atoms with Gasteiger partial charge in [-0.1, -0.05) is 146 Å². The Labute approximate surface area is 470 Å². The van der Waals surface area contributed by atoms with Crippen LogP contribution in [0, 0.1) is 0 Å². The van der Waals surface area contributed by atoms with E-state index in [1.165, 1.54) is 0 Å². The van der Waals surface area contributed by atoms with Crippen LogP contribution in [0.3, 0.4) is 0 Å². The molecule has 2 aliphatic rings.